The van der Waals surface area contributed by atoms with Crippen LogP contribution in [0.15, 0.2) is 12.1 Å². The van der Waals surface area contributed by atoms with Gasteiger partial charge in [-0.2, -0.15) is 8.78 Å². The molecule has 1 aromatic rings. The number of ether oxygens (including phenoxy) is 1. The molecule has 1 aliphatic rings. The molecule has 1 N–H and O–H groups in total. The second kappa shape index (κ2) is 7.37. The second-order valence-corrected chi connectivity index (χ2v) is 5.51. The number of nitrogens with one attached hydrogen (secondary N) is 1. The lowest BCUT2D eigenvalue weighted by atomic mass is 10.1. The number of halogens is 2. The van der Waals surface area contributed by atoms with Crippen molar-refractivity contribution in [3.63, 3.8) is 0 Å². The Morgan fingerprint density at radius 2 is 1.75 bits per heavy atom. The molecule has 0 aliphatic carbocycles. The highest BCUT2D eigenvalue weighted by atomic mass is 19.3. The molecule has 6 nitrogen and oxygen atoms in total. The van der Waals surface area contributed by atoms with E-state index in [1.807, 2.05) is 0 Å². The monoisotopic (exact) mass is 340 g/mol. The zero-order valence-corrected chi connectivity index (χ0v) is 13.4. The summed E-state index contributed by atoms with van der Waals surface area (Å²) in [7, 11) is 0. The van der Waals surface area contributed by atoms with Crippen LogP contribution in [-0.2, 0) is 9.59 Å². The van der Waals surface area contributed by atoms with Crippen LogP contribution < -0.4 is 10.1 Å². The van der Waals surface area contributed by atoms with Crippen LogP contribution in [0.25, 0.3) is 0 Å². The Morgan fingerprint density at radius 1 is 1.21 bits per heavy atom. The van der Waals surface area contributed by atoms with E-state index in [1.165, 1.54) is 12.1 Å². The molecule has 1 saturated heterocycles. The minimum Gasteiger partial charge on any atom is -0.434 e. The van der Waals surface area contributed by atoms with E-state index >= 15 is 0 Å². The minimum absolute atomic E-state index is 0.0508. The average Bonchev–Trinajstić information content (AvgIpc) is 2.82. The molecule has 1 aliphatic heterocycles. The quantitative estimate of drug-likeness (QED) is 0.801. The first-order chi connectivity index (χ1) is 11.3. The fourth-order valence-corrected chi connectivity index (χ4v) is 2.61. The predicted octanol–water partition coefficient (Wildman–Crippen LogP) is 1.78. The molecule has 1 fully saturated rings. The van der Waals surface area contributed by atoms with Crippen molar-refractivity contribution in [3.8, 4) is 5.75 Å². The van der Waals surface area contributed by atoms with E-state index in [9.17, 15) is 23.2 Å². The van der Waals surface area contributed by atoms with Gasteiger partial charge in [0.2, 0.25) is 11.8 Å². The van der Waals surface area contributed by atoms with Gasteiger partial charge in [0, 0.05) is 31.5 Å². The number of benzene rings is 1. The van der Waals surface area contributed by atoms with Crippen LogP contribution >= 0.6 is 0 Å². The molecule has 2 rings (SSSR count). The summed E-state index contributed by atoms with van der Waals surface area (Å²) >= 11 is 0. The Balaban J connectivity index is 1.97. The highest BCUT2D eigenvalue weighted by Crippen LogP contribution is 2.26. The van der Waals surface area contributed by atoms with Gasteiger partial charge < -0.3 is 10.1 Å². The fourth-order valence-electron chi connectivity index (χ4n) is 2.61. The molecule has 0 saturated carbocycles. The van der Waals surface area contributed by atoms with Crippen molar-refractivity contribution < 1.29 is 27.9 Å². The molecule has 1 aromatic carbocycles. The van der Waals surface area contributed by atoms with Gasteiger partial charge in [-0.25, -0.2) is 0 Å². The van der Waals surface area contributed by atoms with Crippen LogP contribution in [0, 0.1) is 13.8 Å². The Kier molecular flexibility index (Phi) is 5.48. The van der Waals surface area contributed by atoms with Gasteiger partial charge in [-0.05, 0) is 37.1 Å². The van der Waals surface area contributed by atoms with E-state index < -0.39 is 12.5 Å². The van der Waals surface area contributed by atoms with Crippen molar-refractivity contribution in [1.29, 1.82) is 0 Å². The van der Waals surface area contributed by atoms with Gasteiger partial charge in [0.15, 0.2) is 0 Å². The van der Waals surface area contributed by atoms with Gasteiger partial charge in [-0.1, -0.05) is 0 Å². The molecule has 130 valence electrons. The third kappa shape index (κ3) is 4.06. The number of aryl methyl sites for hydroxylation is 2. The minimum atomic E-state index is -2.93. The van der Waals surface area contributed by atoms with E-state index in [2.05, 4.69) is 10.1 Å². The summed E-state index contributed by atoms with van der Waals surface area (Å²) in [6, 6.07) is 2.90. The van der Waals surface area contributed by atoms with Gasteiger partial charge in [0.05, 0.1) is 0 Å². The van der Waals surface area contributed by atoms with Crippen molar-refractivity contribution in [1.82, 2.24) is 10.2 Å². The first kappa shape index (κ1) is 17.8. The number of carbonyl (C=O) groups excluding carboxylic acids is 3. The number of nitrogens with zero attached hydrogens (tertiary/aromatic N) is 1. The number of hydrogen-bond donors (Lipinski definition) is 1. The molecule has 8 heteroatoms. The fraction of sp³-hybridized carbons (Fsp3) is 0.438. The predicted molar refractivity (Wildman–Crippen MR) is 80.8 cm³/mol. The van der Waals surface area contributed by atoms with Gasteiger partial charge in [-0.15, -0.1) is 0 Å². The molecule has 0 bridgehead atoms. The molecule has 0 atom stereocenters. The van der Waals surface area contributed by atoms with Crippen LogP contribution in [0.2, 0.25) is 0 Å². The lowest BCUT2D eigenvalue weighted by molar-refractivity contribution is -0.138. The summed E-state index contributed by atoms with van der Waals surface area (Å²) in [4.78, 5) is 36.2. The summed E-state index contributed by atoms with van der Waals surface area (Å²) in [6.07, 6.45) is 0.410. The SMILES string of the molecule is Cc1cc(C(=O)NCCN2C(=O)CCC2=O)cc(C)c1OC(F)F. The number of carbonyl (C=O) groups is 3. The van der Waals surface area contributed by atoms with E-state index in [0.717, 1.165) is 4.90 Å². The van der Waals surface area contributed by atoms with Crippen molar-refractivity contribution in [2.45, 2.75) is 33.3 Å². The molecule has 24 heavy (non-hydrogen) atoms. The van der Waals surface area contributed by atoms with Crippen LogP contribution in [0.3, 0.4) is 0 Å². The number of alkyl halides is 2. The largest absolute Gasteiger partial charge is 0.434 e. The van der Waals surface area contributed by atoms with Gasteiger partial charge in [-0.3, -0.25) is 19.3 Å². The molecular weight excluding hydrogens is 322 g/mol. The number of hydrogen-bond acceptors (Lipinski definition) is 4. The van der Waals surface area contributed by atoms with Crippen LogP contribution in [0.4, 0.5) is 8.78 Å². The van der Waals surface area contributed by atoms with Crippen LogP contribution in [0.1, 0.15) is 34.3 Å². The van der Waals surface area contributed by atoms with Crippen molar-refractivity contribution in [2.75, 3.05) is 13.1 Å². The van der Waals surface area contributed by atoms with Crippen molar-refractivity contribution in [2.24, 2.45) is 0 Å². The van der Waals surface area contributed by atoms with E-state index in [1.54, 1.807) is 13.8 Å². The molecule has 3 amide bonds. The molecule has 0 spiro atoms. The lowest BCUT2D eigenvalue weighted by Gasteiger charge is -2.15. The summed E-state index contributed by atoms with van der Waals surface area (Å²) in [5, 5.41) is 2.61. The maximum atomic E-state index is 12.4. The van der Waals surface area contributed by atoms with Gasteiger partial charge >= 0.3 is 6.61 Å². The average molecular weight is 340 g/mol. The zero-order chi connectivity index (χ0) is 17.9. The summed E-state index contributed by atoms with van der Waals surface area (Å²) in [6.45, 7) is 0.460. The number of rotatable bonds is 6. The van der Waals surface area contributed by atoms with E-state index in [-0.39, 0.29) is 43.5 Å². The molecule has 0 unspecified atom stereocenters. The summed E-state index contributed by atoms with van der Waals surface area (Å²) in [5.41, 5.74) is 1.14. The third-order valence-corrected chi connectivity index (χ3v) is 3.71. The molecule has 0 radical (unpaired) electrons. The lowest BCUT2D eigenvalue weighted by Crippen LogP contribution is -2.37. The van der Waals surface area contributed by atoms with Gasteiger partial charge in [0.25, 0.3) is 5.91 Å². The van der Waals surface area contributed by atoms with Crippen molar-refractivity contribution in [3.05, 3.63) is 28.8 Å². The first-order valence-corrected chi connectivity index (χ1v) is 7.47. The Labute approximate surface area is 137 Å². The van der Waals surface area contributed by atoms with Crippen molar-refractivity contribution >= 4 is 17.7 Å². The van der Waals surface area contributed by atoms with E-state index in [4.69, 9.17) is 0 Å². The Bertz CT molecular complexity index is 637. The topological polar surface area (TPSA) is 75.7 Å². The third-order valence-electron chi connectivity index (χ3n) is 3.71. The number of likely N-dealkylation sites (tertiary alicyclic amines) is 1. The molecule has 1 heterocycles. The maximum absolute atomic E-state index is 12.4. The van der Waals surface area contributed by atoms with Gasteiger partial charge in [0.1, 0.15) is 5.75 Å². The number of amides is 3. The molecular formula is C16H18F2N2O4. The summed E-state index contributed by atoms with van der Waals surface area (Å²) < 4.78 is 29.1. The van der Waals surface area contributed by atoms with E-state index in [0.29, 0.717) is 16.7 Å². The van der Waals surface area contributed by atoms with Crippen LogP contribution in [0.5, 0.6) is 5.75 Å². The smallest absolute Gasteiger partial charge is 0.387 e. The number of imide groups is 1. The normalized spacial score (nSPS) is 14.5. The highest BCUT2D eigenvalue weighted by Gasteiger charge is 2.28. The highest BCUT2D eigenvalue weighted by molar-refractivity contribution is 6.02. The maximum Gasteiger partial charge on any atom is 0.387 e. The standard InChI is InChI=1S/C16H18F2N2O4/c1-9-7-11(8-10(2)14(9)24-16(17)18)15(23)19-5-6-20-12(21)3-4-13(20)22/h7-8,16H,3-6H2,1-2H3,(H,19,23). The second-order valence-electron chi connectivity index (χ2n) is 5.51. The zero-order valence-electron chi connectivity index (χ0n) is 13.4. The first-order valence-electron chi connectivity index (χ1n) is 7.47. The van der Waals surface area contributed by atoms with Crippen LogP contribution in [-0.4, -0.2) is 42.3 Å². The molecule has 0 aromatic heterocycles. The Hall–Kier alpha value is -2.51. The summed E-state index contributed by atoms with van der Waals surface area (Å²) in [5.74, 6) is -0.845. The Morgan fingerprint density at radius 3 is 2.25 bits per heavy atom.